The molecular formula is C17H18O3. The highest BCUT2D eigenvalue weighted by Gasteiger charge is 2.39. The van der Waals surface area contributed by atoms with Crippen LogP contribution in [0.15, 0.2) is 60.7 Å². The minimum Gasteiger partial charge on any atom is -0.464 e. The highest BCUT2D eigenvalue weighted by Crippen LogP contribution is 2.27. The molecule has 0 saturated carbocycles. The summed E-state index contributed by atoms with van der Waals surface area (Å²) < 4.78 is 5.04. The number of carbonyl (C=O) groups excluding carboxylic acids is 1. The first-order valence-corrected chi connectivity index (χ1v) is 6.66. The maximum Gasteiger partial charge on any atom is 0.343 e. The van der Waals surface area contributed by atoms with Gasteiger partial charge in [0, 0.05) is 6.42 Å². The molecule has 0 aliphatic rings. The first-order valence-electron chi connectivity index (χ1n) is 6.66. The third-order valence-electron chi connectivity index (χ3n) is 3.17. The van der Waals surface area contributed by atoms with Crippen LogP contribution in [0.5, 0.6) is 0 Å². The molecule has 0 saturated heterocycles. The highest BCUT2D eigenvalue weighted by atomic mass is 16.5. The molecule has 2 aromatic rings. The van der Waals surface area contributed by atoms with Crippen molar-refractivity contribution >= 4 is 5.97 Å². The zero-order valence-electron chi connectivity index (χ0n) is 11.5. The molecule has 0 spiro atoms. The molecule has 1 N–H and O–H groups in total. The van der Waals surface area contributed by atoms with Crippen LogP contribution in [0.2, 0.25) is 0 Å². The molecule has 0 bridgehead atoms. The molecule has 0 aromatic heterocycles. The van der Waals surface area contributed by atoms with E-state index in [2.05, 4.69) is 0 Å². The Morgan fingerprint density at radius 2 is 1.60 bits per heavy atom. The van der Waals surface area contributed by atoms with Crippen LogP contribution in [-0.2, 0) is 21.6 Å². The zero-order chi connectivity index (χ0) is 14.4. The maximum atomic E-state index is 12.2. The third kappa shape index (κ3) is 3.06. The van der Waals surface area contributed by atoms with Crippen molar-refractivity contribution in [3.8, 4) is 0 Å². The van der Waals surface area contributed by atoms with E-state index in [9.17, 15) is 9.90 Å². The number of benzene rings is 2. The van der Waals surface area contributed by atoms with E-state index in [1.807, 2.05) is 36.4 Å². The standard InChI is InChI=1S/C17H18O3/c1-2-20-16(18)17(19,15-11-7-4-8-12-15)13-14-9-5-3-6-10-14/h3-12,19H,2,13H2,1H3. The normalized spacial score (nSPS) is 13.5. The van der Waals surface area contributed by atoms with Crippen molar-refractivity contribution in [1.82, 2.24) is 0 Å². The van der Waals surface area contributed by atoms with E-state index in [1.54, 1.807) is 31.2 Å². The van der Waals surface area contributed by atoms with Gasteiger partial charge >= 0.3 is 5.97 Å². The largest absolute Gasteiger partial charge is 0.464 e. The maximum absolute atomic E-state index is 12.2. The molecule has 2 aromatic carbocycles. The van der Waals surface area contributed by atoms with Gasteiger partial charge in [-0.1, -0.05) is 60.7 Å². The lowest BCUT2D eigenvalue weighted by atomic mass is 9.87. The van der Waals surface area contributed by atoms with Crippen LogP contribution < -0.4 is 0 Å². The van der Waals surface area contributed by atoms with Crippen molar-refractivity contribution in [3.05, 3.63) is 71.8 Å². The molecule has 2 rings (SSSR count). The van der Waals surface area contributed by atoms with Gasteiger partial charge in [0.2, 0.25) is 0 Å². The Bertz CT molecular complexity index is 551. The minimum atomic E-state index is -1.65. The number of esters is 1. The summed E-state index contributed by atoms with van der Waals surface area (Å²) in [4.78, 5) is 12.2. The van der Waals surface area contributed by atoms with Gasteiger partial charge in [-0.2, -0.15) is 0 Å². The van der Waals surface area contributed by atoms with Gasteiger partial charge in [0.15, 0.2) is 5.60 Å². The fourth-order valence-corrected chi connectivity index (χ4v) is 2.15. The van der Waals surface area contributed by atoms with E-state index in [1.165, 1.54) is 0 Å². The lowest BCUT2D eigenvalue weighted by Crippen LogP contribution is -2.39. The van der Waals surface area contributed by atoms with Crippen LogP contribution in [-0.4, -0.2) is 17.7 Å². The van der Waals surface area contributed by atoms with Gasteiger partial charge in [-0.3, -0.25) is 0 Å². The Hall–Kier alpha value is -2.13. The Morgan fingerprint density at radius 1 is 1.05 bits per heavy atom. The molecule has 0 amide bonds. The summed E-state index contributed by atoms with van der Waals surface area (Å²) in [5.41, 5.74) is -0.229. The van der Waals surface area contributed by atoms with Crippen molar-refractivity contribution in [2.24, 2.45) is 0 Å². The van der Waals surface area contributed by atoms with Crippen LogP contribution in [0.4, 0.5) is 0 Å². The van der Waals surface area contributed by atoms with Crippen molar-refractivity contribution in [1.29, 1.82) is 0 Å². The summed E-state index contributed by atoms with van der Waals surface area (Å²) in [6.07, 6.45) is 0.191. The van der Waals surface area contributed by atoms with E-state index in [-0.39, 0.29) is 13.0 Å². The molecule has 1 unspecified atom stereocenters. The van der Waals surface area contributed by atoms with E-state index < -0.39 is 11.6 Å². The van der Waals surface area contributed by atoms with E-state index in [0.29, 0.717) is 5.56 Å². The Balaban J connectivity index is 2.36. The van der Waals surface area contributed by atoms with Gasteiger partial charge in [0.1, 0.15) is 0 Å². The molecule has 3 heteroatoms. The predicted octanol–water partition coefficient (Wildman–Crippen LogP) is 2.68. The number of carbonyl (C=O) groups is 1. The van der Waals surface area contributed by atoms with Crippen molar-refractivity contribution in [2.75, 3.05) is 6.61 Å². The average Bonchev–Trinajstić information content (AvgIpc) is 2.49. The summed E-state index contributed by atoms with van der Waals surface area (Å²) in [7, 11) is 0. The van der Waals surface area contributed by atoms with Crippen molar-refractivity contribution in [3.63, 3.8) is 0 Å². The molecule has 0 aliphatic carbocycles. The Labute approximate surface area is 118 Å². The second-order valence-corrected chi connectivity index (χ2v) is 4.61. The molecule has 20 heavy (non-hydrogen) atoms. The van der Waals surface area contributed by atoms with E-state index >= 15 is 0 Å². The van der Waals surface area contributed by atoms with Gasteiger partial charge in [-0.15, -0.1) is 0 Å². The summed E-state index contributed by atoms with van der Waals surface area (Å²) >= 11 is 0. The van der Waals surface area contributed by atoms with Crippen molar-refractivity contribution in [2.45, 2.75) is 18.9 Å². The summed E-state index contributed by atoms with van der Waals surface area (Å²) in [6.45, 7) is 1.97. The lowest BCUT2D eigenvalue weighted by Gasteiger charge is -2.26. The first-order chi connectivity index (χ1) is 9.66. The van der Waals surface area contributed by atoms with E-state index in [4.69, 9.17) is 4.74 Å². The van der Waals surface area contributed by atoms with Crippen LogP contribution in [0, 0.1) is 0 Å². The van der Waals surface area contributed by atoms with Gasteiger partial charge in [0.05, 0.1) is 6.61 Å². The third-order valence-corrected chi connectivity index (χ3v) is 3.17. The smallest absolute Gasteiger partial charge is 0.343 e. The van der Waals surface area contributed by atoms with Crippen molar-refractivity contribution < 1.29 is 14.6 Å². The molecule has 0 radical (unpaired) electrons. The lowest BCUT2D eigenvalue weighted by molar-refractivity contribution is -0.166. The fraction of sp³-hybridized carbons (Fsp3) is 0.235. The second-order valence-electron chi connectivity index (χ2n) is 4.61. The summed E-state index contributed by atoms with van der Waals surface area (Å²) in [5, 5.41) is 10.9. The molecule has 3 nitrogen and oxygen atoms in total. The average molecular weight is 270 g/mol. The number of ether oxygens (including phenoxy) is 1. The fourth-order valence-electron chi connectivity index (χ4n) is 2.15. The number of hydrogen-bond donors (Lipinski definition) is 1. The number of rotatable bonds is 5. The molecular weight excluding hydrogens is 252 g/mol. The molecule has 0 heterocycles. The number of aliphatic hydroxyl groups is 1. The molecule has 104 valence electrons. The van der Waals surface area contributed by atoms with E-state index in [0.717, 1.165) is 5.56 Å². The highest BCUT2D eigenvalue weighted by molar-refractivity contribution is 5.81. The van der Waals surface area contributed by atoms with Crippen LogP contribution in [0.25, 0.3) is 0 Å². The summed E-state index contributed by atoms with van der Waals surface area (Å²) in [5.74, 6) is -0.616. The summed E-state index contributed by atoms with van der Waals surface area (Å²) in [6, 6.07) is 18.3. The van der Waals surface area contributed by atoms with Gasteiger partial charge < -0.3 is 9.84 Å². The SMILES string of the molecule is CCOC(=O)C(O)(Cc1ccccc1)c1ccccc1. The first kappa shape index (κ1) is 14.3. The molecule has 0 fully saturated rings. The van der Waals surface area contributed by atoms with Crippen LogP contribution >= 0.6 is 0 Å². The van der Waals surface area contributed by atoms with Crippen LogP contribution in [0.3, 0.4) is 0 Å². The van der Waals surface area contributed by atoms with Gasteiger partial charge in [-0.05, 0) is 18.1 Å². The number of hydrogen-bond acceptors (Lipinski definition) is 3. The van der Waals surface area contributed by atoms with Gasteiger partial charge in [-0.25, -0.2) is 4.79 Å². The van der Waals surface area contributed by atoms with Gasteiger partial charge in [0.25, 0.3) is 0 Å². The molecule has 1 atom stereocenters. The zero-order valence-corrected chi connectivity index (χ0v) is 11.5. The molecule has 0 aliphatic heterocycles. The Morgan fingerprint density at radius 3 is 2.15 bits per heavy atom. The van der Waals surface area contributed by atoms with Crippen LogP contribution in [0.1, 0.15) is 18.1 Å². The second kappa shape index (κ2) is 6.35. The topological polar surface area (TPSA) is 46.5 Å². The minimum absolute atomic E-state index is 0.191. The Kier molecular flexibility index (Phi) is 4.53. The quantitative estimate of drug-likeness (QED) is 0.850. The predicted molar refractivity (Wildman–Crippen MR) is 77.1 cm³/mol. The monoisotopic (exact) mass is 270 g/mol.